The molecule has 0 N–H and O–H groups in total. The van der Waals surface area contributed by atoms with Crippen molar-refractivity contribution in [1.29, 1.82) is 0 Å². The molecule has 6 aromatic carbocycles. The fourth-order valence-electron chi connectivity index (χ4n) is 8.12. The van der Waals surface area contributed by atoms with Crippen molar-refractivity contribution >= 4 is 42.4 Å². The fraction of sp³-hybridized carbons (Fsp3) is 0.0698. The molecule has 0 radical (unpaired) electrons. The quantitative estimate of drug-likeness (QED) is 0.188. The highest BCUT2D eigenvalue weighted by atomic mass is 32.1. The number of thiophene rings is 1. The summed E-state index contributed by atoms with van der Waals surface area (Å²) in [5, 5.41) is 4.87. The smallest absolute Gasteiger partial charge is 0.161 e. The Bertz CT molecular complexity index is 2510. The monoisotopic (exact) mass is 604 g/mol. The molecule has 3 aliphatic rings. The third kappa shape index (κ3) is 3.36. The minimum absolute atomic E-state index is 0.194. The van der Waals surface area contributed by atoms with Crippen molar-refractivity contribution < 1.29 is 0 Å². The molecule has 0 amide bonds. The second-order valence-electron chi connectivity index (χ2n) is 12.7. The van der Waals surface area contributed by atoms with E-state index in [2.05, 4.69) is 159 Å². The Morgan fingerprint density at radius 3 is 1.96 bits per heavy atom. The maximum absolute atomic E-state index is 5.66. The topological polar surface area (TPSA) is 25.8 Å². The van der Waals surface area contributed by atoms with Crippen LogP contribution in [0.4, 0.5) is 0 Å². The second kappa shape index (κ2) is 9.32. The Hall–Kier alpha value is -5.38. The maximum atomic E-state index is 5.66. The summed E-state index contributed by atoms with van der Waals surface area (Å²) in [6, 6.07) is 50.4. The summed E-state index contributed by atoms with van der Waals surface area (Å²) < 4.78 is 1.26. The van der Waals surface area contributed by atoms with E-state index in [1.807, 2.05) is 0 Å². The summed E-state index contributed by atoms with van der Waals surface area (Å²) >= 11 is 1.79. The lowest BCUT2D eigenvalue weighted by molar-refractivity contribution is 0.569. The normalized spacial score (nSPS) is 19.5. The number of allylic oxidation sites excluding steroid dienone is 2. The lowest BCUT2D eigenvalue weighted by atomic mass is 9.52. The van der Waals surface area contributed by atoms with Crippen LogP contribution in [0.5, 0.6) is 0 Å². The van der Waals surface area contributed by atoms with Crippen molar-refractivity contribution in [2.45, 2.75) is 17.8 Å². The van der Waals surface area contributed by atoms with Crippen LogP contribution in [0, 0.1) is 0 Å². The van der Waals surface area contributed by atoms with Crippen molar-refractivity contribution in [2.75, 3.05) is 0 Å². The number of nitrogens with zero attached hydrogens (tertiary/aromatic N) is 2. The van der Waals surface area contributed by atoms with Crippen LogP contribution in [0.3, 0.4) is 0 Å². The number of rotatable bonds is 3. The van der Waals surface area contributed by atoms with Crippen LogP contribution in [0.1, 0.15) is 34.9 Å². The average molecular weight is 605 g/mol. The van der Waals surface area contributed by atoms with E-state index in [1.54, 1.807) is 11.3 Å². The molecule has 3 heteroatoms. The molecule has 216 valence electrons. The minimum Gasteiger partial charge on any atom is -0.231 e. The van der Waals surface area contributed by atoms with Gasteiger partial charge in [-0.1, -0.05) is 146 Å². The second-order valence-corrected chi connectivity index (χ2v) is 13.7. The molecule has 3 aliphatic carbocycles. The van der Waals surface area contributed by atoms with Crippen LogP contribution in [-0.4, -0.2) is 9.97 Å². The Kier molecular flexibility index (Phi) is 5.25. The lowest BCUT2D eigenvalue weighted by Crippen LogP contribution is -2.45. The van der Waals surface area contributed by atoms with Gasteiger partial charge in [0.05, 0.1) is 11.1 Å². The van der Waals surface area contributed by atoms with Gasteiger partial charge in [0.1, 0.15) is 4.83 Å². The molecule has 0 saturated heterocycles. The van der Waals surface area contributed by atoms with E-state index in [1.165, 1.54) is 48.7 Å². The number of benzene rings is 6. The van der Waals surface area contributed by atoms with Crippen LogP contribution in [0.2, 0.25) is 0 Å². The van der Waals surface area contributed by atoms with Crippen LogP contribution < -0.4 is 0 Å². The average Bonchev–Trinajstić information content (AvgIpc) is 3.52. The first-order valence-corrected chi connectivity index (χ1v) is 16.7. The number of fused-ring (bicyclic) bond motifs is 5. The maximum Gasteiger partial charge on any atom is 0.161 e. The van der Waals surface area contributed by atoms with Crippen molar-refractivity contribution in [3.8, 4) is 22.5 Å². The van der Waals surface area contributed by atoms with Crippen LogP contribution in [0.15, 0.2) is 152 Å². The molecule has 46 heavy (non-hydrogen) atoms. The molecular weight excluding hydrogens is 577 g/mol. The van der Waals surface area contributed by atoms with Crippen LogP contribution >= 0.6 is 11.3 Å². The molecular formula is C43H28N2S. The Labute approximate surface area is 271 Å². The zero-order valence-electron chi connectivity index (χ0n) is 25.2. The summed E-state index contributed by atoms with van der Waals surface area (Å²) in [6.45, 7) is 2.35. The van der Waals surface area contributed by atoms with E-state index in [0.29, 0.717) is 0 Å². The van der Waals surface area contributed by atoms with E-state index in [4.69, 9.17) is 9.97 Å². The van der Waals surface area contributed by atoms with Gasteiger partial charge in [0, 0.05) is 26.5 Å². The molecule has 0 saturated carbocycles. The fourth-order valence-corrected chi connectivity index (χ4v) is 9.33. The molecule has 8 aromatic rings. The third-order valence-electron chi connectivity index (χ3n) is 10.3. The molecule has 0 aliphatic heterocycles. The van der Waals surface area contributed by atoms with Crippen LogP contribution in [-0.2, 0) is 10.8 Å². The van der Waals surface area contributed by atoms with Gasteiger partial charge in [-0.05, 0) is 57.1 Å². The first-order valence-electron chi connectivity index (χ1n) is 15.8. The first kappa shape index (κ1) is 25.9. The SMILES string of the molecule is CC12C=CC(c3nc(-c4cccc(-c5ccccc5)c4)nc4sc5c6ccccc6ccc5c34)(c3ccccc31)c1ccccc12. The molecule has 11 rings (SSSR count). The van der Waals surface area contributed by atoms with Gasteiger partial charge in [-0.3, -0.25) is 0 Å². The molecule has 0 fully saturated rings. The van der Waals surface area contributed by atoms with Gasteiger partial charge < -0.3 is 0 Å². The first-order chi connectivity index (χ1) is 22.6. The summed E-state index contributed by atoms with van der Waals surface area (Å²) in [7, 11) is 0. The standard InChI is InChI=1S/C43H28N2S/c1-42-24-25-43(35-20-9-7-18-33(35)42,36-21-10-8-19-34(36)42)39-37-32-23-22-28-14-5-6-17-31(28)38(32)46-41(37)45-40(44-39)30-16-11-15-29(26-30)27-12-3-2-4-13-27/h2-26H,1H3. The van der Waals surface area contributed by atoms with Crippen molar-refractivity contribution in [3.05, 3.63) is 180 Å². The molecule has 2 heterocycles. The van der Waals surface area contributed by atoms with Gasteiger partial charge in [-0.25, -0.2) is 9.97 Å². The van der Waals surface area contributed by atoms with Crippen LogP contribution in [0.25, 0.3) is 53.6 Å². The largest absolute Gasteiger partial charge is 0.231 e. The Balaban J connectivity index is 1.35. The summed E-state index contributed by atoms with van der Waals surface area (Å²) in [5.41, 5.74) is 8.97. The van der Waals surface area contributed by atoms with E-state index in [0.717, 1.165) is 32.9 Å². The Morgan fingerprint density at radius 1 is 0.522 bits per heavy atom. The van der Waals surface area contributed by atoms with E-state index in [9.17, 15) is 0 Å². The van der Waals surface area contributed by atoms with E-state index < -0.39 is 5.41 Å². The van der Waals surface area contributed by atoms with E-state index >= 15 is 0 Å². The number of hydrogen-bond acceptors (Lipinski definition) is 3. The number of hydrogen-bond donors (Lipinski definition) is 0. The van der Waals surface area contributed by atoms with Crippen molar-refractivity contribution in [2.24, 2.45) is 0 Å². The van der Waals surface area contributed by atoms with Crippen molar-refractivity contribution in [1.82, 2.24) is 9.97 Å². The summed E-state index contributed by atoms with van der Waals surface area (Å²) in [4.78, 5) is 12.1. The Morgan fingerprint density at radius 2 is 1.17 bits per heavy atom. The third-order valence-corrected chi connectivity index (χ3v) is 11.4. The summed E-state index contributed by atoms with van der Waals surface area (Å²) in [5.74, 6) is 0.757. The molecule has 0 spiro atoms. The molecule has 2 bridgehead atoms. The highest BCUT2D eigenvalue weighted by Gasteiger charge is 2.52. The van der Waals surface area contributed by atoms with Gasteiger partial charge >= 0.3 is 0 Å². The highest BCUT2D eigenvalue weighted by molar-refractivity contribution is 7.26. The summed E-state index contributed by atoms with van der Waals surface area (Å²) in [6.07, 6.45) is 4.86. The number of aromatic nitrogens is 2. The van der Waals surface area contributed by atoms with Crippen molar-refractivity contribution in [3.63, 3.8) is 0 Å². The molecule has 2 aromatic heterocycles. The zero-order valence-corrected chi connectivity index (χ0v) is 26.1. The predicted octanol–water partition coefficient (Wildman–Crippen LogP) is 10.9. The van der Waals surface area contributed by atoms with Gasteiger partial charge in [0.2, 0.25) is 0 Å². The lowest BCUT2D eigenvalue weighted by Gasteiger charge is -2.50. The highest BCUT2D eigenvalue weighted by Crippen LogP contribution is 2.59. The molecule has 2 nitrogen and oxygen atoms in total. The van der Waals surface area contributed by atoms with Gasteiger partial charge in [0.25, 0.3) is 0 Å². The van der Waals surface area contributed by atoms with Gasteiger partial charge in [0.15, 0.2) is 5.82 Å². The zero-order chi connectivity index (χ0) is 30.5. The minimum atomic E-state index is -0.558. The van der Waals surface area contributed by atoms with Gasteiger partial charge in [-0.2, -0.15) is 0 Å². The van der Waals surface area contributed by atoms with E-state index in [-0.39, 0.29) is 5.41 Å². The van der Waals surface area contributed by atoms with Gasteiger partial charge in [-0.15, -0.1) is 11.3 Å². The molecule has 0 unspecified atom stereocenters. The molecule has 0 atom stereocenters. The predicted molar refractivity (Wildman–Crippen MR) is 192 cm³/mol.